The van der Waals surface area contributed by atoms with E-state index in [4.69, 9.17) is 0 Å². The molecule has 0 saturated heterocycles. The number of carbonyl (C=O) groups is 2. The number of rotatable bonds is 3. The van der Waals surface area contributed by atoms with Crippen LogP contribution < -0.4 is 10.2 Å². The van der Waals surface area contributed by atoms with Gasteiger partial charge in [-0.2, -0.15) is 0 Å². The van der Waals surface area contributed by atoms with Crippen LogP contribution in [0, 0.1) is 6.92 Å². The molecule has 2 amide bonds. The van der Waals surface area contributed by atoms with E-state index in [1.165, 1.54) is 5.56 Å². The third-order valence-electron chi connectivity index (χ3n) is 3.98. The Morgan fingerprint density at radius 2 is 1.82 bits per heavy atom. The van der Waals surface area contributed by atoms with Crippen LogP contribution in [0.4, 0.5) is 5.69 Å². The lowest BCUT2D eigenvalue weighted by molar-refractivity contribution is -0.117. The van der Waals surface area contributed by atoms with Gasteiger partial charge in [0.15, 0.2) is 0 Å². The van der Waals surface area contributed by atoms with Gasteiger partial charge in [0.1, 0.15) is 0 Å². The van der Waals surface area contributed by atoms with Crippen molar-refractivity contribution in [1.29, 1.82) is 0 Å². The number of para-hydroxylation sites is 1. The van der Waals surface area contributed by atoms with Crippen molar-refractivity contribution in [2.24, 2.45) is 0 Å². The third kappa shape index (κ3) is 2.72. The second kappa shape index (κ2) is 6.02. The number of nitrogens with zero attached hydrogens (tertiary/aromatic N) is 1. The van der Waals surface area contributed by atoms with E-state index in [9.17, 15) is 9.59 Å². The van der Waals surface area contributed by atoms with Gasteiger partial charge >= 0.3 is 0 Å². The lowest BCUT2D eigenvalue weighted by Crippen LogP contribution is -2.39. The quantitative estimate of drug-likeness (QED) is 0.944. The molecule has 0 bridgehead atoms. The maximum atomic E-state index is 12.3. The second-order valence-corrected chi connectivity index (χ2v) is 5.42. The van der Waals surface area contributed by atoms with Gasteiger partial charge in [0.2, 0.25) is 5.91 Å². The van der Waals surface area contributed by atoms with Crippen molar-refractivity contribution in [3.8, 4) is 0 Å². The molecule has 2 aromatic carbocycles. The highest BCUT2D eigenvalue weighted by Gasteiger charge is 2.24. The fraction of sp³-hybridized carbons (Fsp3) is 0.222. The van der Waals surface area contributed by atoms with Crippen LogP contribution in [0.15, 0.2) is 48.5 Å². The summed E-state index contributed by atoms with van der Waals surface area (Å²) < 4.78 is 0. The molecule has 0 saturated carbocycles. The van der Waals surface area contributed by atoms with E-state index in [1.807, 2.05) is 49.4 Å². The van der Waals surface area contributed by atoms with Crippen LogP contribution in [0.2, 0.25) is 0 Å². The van der Waals surface area contributed by atoms with Crippen LogP contribution in [-0.2, 0) is 11.2 Å². The van der Waals surface area contributed by atoms with Crippen LogP contribution >= 0.6 is 0 Å². The van der Waals surface area contributed by atoms with Gasteiger partial charge in [0, 0.05) is 17.8 Å². The number of hydrogen-bond acceptors (Lipinski definition) is 2. The molecule has 0 radical (unpaired) electrons. The molecule has 2 aromatic rings. The summed E-state index contributed by atoms with van der Waals surface area (Å²) in [7, 11) is 0. The average Bonchev–Trinajstić information content (AvgIpc) is 2.97. The largest absolute Gasteiger partial charge is 0.343 e. The van der Waals surface area contributed by atoms with E-state index in [0.29, 0.717) is 12.1 Å². The summed E-state index contributed by atoms with van der Waals surface area (Å²) in [6.07, 6.45) is 0.869. The van der Waals surface area contributed by atoms with E-state index in [2.05, 4.69) is 5.32 Å². The zero-order valence-corrected chi connectivity index (χ0v) is 12.5. The van der Waals surface area contributed by atoms with Gasteiger partial charge in [0.25, 0.3) is 5.91 Å². The molecule has 1 heterocycles. The summed E-state index contributed by atoms with van der Waals surface area (Å²) in [5.74, 6) is -0.286. The van der Waals surface area contributed by atoms with Gasteiger partial charge in [0.05, 0.1) is 6.54 Å². The fourth-order valence-electron chi connectivity index (χ4n) is 2.77. The lowest BCUT2D eigenvalue weighted by Gasteiger charge is -2.17. The van der Waals surface area contributed by atoms with Gasteiger partial charge in [-0.1, -0.05) is 36.4 Å². The first-order valence-electron chi connectivity index (χ1n) is 7.39. The molecule has 1 N–H and O–H groups in total. The Bertz CT molecular complexity index is 725. The first-order chi connectivity index (χ1) is 10.7. The molecule has 4 nitrogen and oxygen atoms in total. The van der Waals surface area contributed by atoms with Gasteiger partial charge in [-0.05, 0) is 36.6 Å². The Balaban J connectivity index is 1.64. The molecule has 0 aromatic heterocycles. The van der Waals surface area contributed by atoms with Crippen molar-refractivity contribution in [2.75, 3.05) is 18.0 Å². The van der Waals surface area contributed by atoms with Gasteiger partial charge in [-0.3, -0.25) is 9.59 Å². The molecule has 1 aliphatic rings. The van der Waals surface area contributed by atoms with Gasteiger partial charge < -0.3 is 10.2 Å². The smallest absolute Gasteiger partial charge is 0.251 e. The lowest BCUT2D eigenvalue weighted by atomic mass is 10.1. The van der Waals surface area contributed by atoms with Crippen molar-refractivity contribution in [2.45, 2.75) is 13.3 Å². The SMILES string of the molecule is Cc1ccccc1C(=O)NCC(=O)N1CCc2ccccc21. The van der Waals surface area contributed by atoms with Crippen molar-refractivity contribution < 1.29 is 9.59 Å². The van der Waals surface area contributed by atoms with Crippen LogP contribution in [0.5, 0.6) is 0 Å². The molecule has 3 rings (SSSR count). The maximum absolute atomic E-state index is 12.3. The molecule has 112 valence electrons. The van der Waals surface area contributed by atoms with E-state index < -0.39 is 0 Å². The van der Waals surface area contributed by atoms with Crippen molar-refractivity contribution >= 4 is 17.5 Å². The zero-order valence-electron chi connectivity index (χ0n) is 12.5. The molecule has 0 spiro atoms. The average molecular weight is 294 g/mol. The summed E-state index contributed by atoms with van der Waals surface area (Å²) >= 11 is 0. The highest BCUT2D eigenvalue weighted by atomic mass is 16.2. The number of aryl methyl sites for hydroxylation is 1. The summed E-state index contributed by atoms with van der Waals surface area (Å²) in [5, 5.41) is 2.72. The molecule has 0 aliphatic carbocycles. The molecule has 22 heavy (non-hydrogen) atoms. The molecular formula is C18H18N2O2. The second-order valence-electron chi connectivity index (χ2n) is 5.42. The summed E-state index contributed by atoms with van der Waals surface area (Å²) in [6.45, 7) is 2.58. The highest BCUT2D eigenvalue weighted by Crippen LogP contribution is 2.27. The van der Waals surface area contributed by atoms with Crippen molar-refractivity contribution in [3.63, 3.8) is 0 Å². The molecular weight excluding hydrogens is 276 g/mol. The Morgan fingerprint density at radius 3 is 2.64 bits per heavy atom. The van der Waals surface area contributed by atoms with Crippen molar-refractivity contribution in [1.82, 2.24) is 5.32 Å². The number of anilines is 1. The predicted molar refractivity (Wildman–Crippen MR) is 86.0 cm³/mol. The summed E-state index contributed by atoms with van der Waals surface area (Å²) in [6, 6.07) is 15.2. The minimum absolute atomic E-state index is 0.0154. The van der Waals surface area contributed by atoms with Gasteiger partial charge in [-0.25, -0.2) is 0 Å². The van der Waals surface area contributed by atoms with E-state index >= 15 is 0 Å². The molecule has 0 atom stereocenters. The van der Waals surface area contributed by atoms with Gasteiger partial charge in [-0.15, -0.1) is 0 Å². The normalized spacial score (nSPS) is 12.9. The maximum Gasteiger partial charge on any atom is 0.251 e. The van der Waals surface area contributed by atoms with Crippen LogP contribution in [-0.4, -0.2) is 24.9 Å². The Kier molecular flexibility index (Phi) is 3.92. The Labute approximate surface area is 129 Å². The summed E-state index contributed by atoms with van der Waals surface area (Å²) in [4.78, 5) is 26.2. The molecule has 0 fully saturated rings. The number of amides is 2. The minimum Gasteiger partial charge on any atom is -0.343 e. The number of benzene rings is 2. The zero-order chi connectivity index (χ0) is 15.5. The molecule has 4 heteroatoms. The monoisotopic (exact) mass is 294 g/mol. The number of nitrogens with one attached hydrogen (secondary N) is 1. The highest BCUT2D eigenvalue weighted by molar-refractivity contribution is 6.01. The topological polar surface area (TPSA) is 49.4 Å². The van der Waals surface area contributed by atoms with E-state index in [-0.39, 0.29) is 18.4 Å². The number of fused-ring (bicyclic) bond motifs is 1. The summed E-state index contributed by atoms with van der Waals surface area (Å²) in [5.41, 5.74) is 3.65. The van der Waals surface area contributed by atoms with Crippen LogP contribution in [0.3, 0.4) is 0 Å². The van der Waals surface area contributed by atoms with E-state index in [0.717, 1.165) is 17.7 Å². The number of hydrogen-bond donors (Lipinski definition) is 1. The first kappa shape index (κ1) is 14.3. The minimum atomic E-state index is -0.209. The molecule has 0 unspecified atom stereocenters. The Hall–Kier alpha value is -2.62. The standard InChI is InChI=1S/C18H18N2O2/c1-13-6-2-4-8-15(13)18(22)19-12-17(21)20-11-10-14-7-3-5-9-16(14)20/h2-9H,10-12H2,1H3,(H,19,22). The van der Waals surface area contributed by atoms with E-state index in [1.54, 1.807) is 11.0 Å². The third-order valence-corrected chi connectivity index (χ3v) is 3.98. The van der Waals surface area contributed by atoms with Crippen LogP contribution in [0.1, 0.15) is 21.5 Å². The predicted octanol–water partition coefficient (Wildman–Crippen LogP) is 2.31. The molecule has 1 aliphatic heterocycles. The number of carbonyl (C=O) groups excluding carboxylic acids is 2. The van der Waals surface area contributed by atoms with Crippen LogP contribution in [0.25, 0.3) is 0 Å². The Morgan fingerprint density at radius 1 is 1.09 bits per heavy atom. The van der Waals surface area contributed by atoms with Crippen molar-refractivity contribution in [3.05, 3.63) is 65.2 Å². The first-order valence-corrected chi connectivity index (χ1v) is 7.39. The fourth-order valence-corrected chi connectivity index (χ4v) is 2.77.